The van der Waals surface area contributed by atoms with Crippen LogP contribution in [0.3, 0.4) is 0 Å². The van der Waals surface area contributed by atoms with Gasteiger partial charge in [0, 0.05) is 0 Å². The number of hydrogen-bond acceptors (Lipinski definition) is 4. The van der Waals surface area contributed by atoms with Gasteiger partial charge in [-0.05, 0) is 31.4 Å². The normalized spacial score (nSPS) is 20.0. The molecule has 0 saturated carbocycles. The minimum Gasteiger partial charge on any atom is -0.487 e. The number of aliphatic hydroxyl groups excluding tert-OH is 1. The summed E-state index contributed by atoms with van der Waals surface area (Å²) in [5, 5.41) is 9.80. The van der Waals surface area contributed by atoms with Crippen LogP contribution in [-0.2, 0) is 16.0 Å². The maximum absolute atomic E-state index is 11.4. The topological polar surface area (TPSA) is 55.8 Å². The fourth-order valence-electron chi connectivity index (χ4n) is 1.95. The van der Waals surface area contributed by atoms with Gasteiger partial charge in [0.1, 0.15) is 11.9 Å². The van der Waals surface area contributed by atoms with E-state index in [9.17, 15) is 9.90 Å². The molecule has 1 heterocycles. The van der Waals surface area contributed by atoms with Gasteiger partial charge in [0.2, 0.25) is 0 Å². The van der Waals surface area contributed by atoms with Gasteiger partial charge >= 0.3 is 5.97 Å². The van der Waals surface area contributed by atoms with E-state index in [1.165, 1.54) is 0 Å². The first kappa shape index (κ1) is 11.9. The molecule has 0 amide bonds. The van der Waals surface area contributed by atoms with Crippen molar-refractivity contribution in [3.8, 4) is 5.75 Å². The zero-order valence-corrected chi connectivity index (χ0v) is 9.76. The third-order valence-electron chi connectivity index (χ3n) is 2.83. The second kappa shape index (κ2) is 5.19. The van der Waals surface area contributed by atoms with E-state index in [1.54, 1.807) is 6.92 Å². The summed E-state index contributed by atoms with van der Waals surface area (Å²) in [7, 11) is 0. The highest BCUT2D eigenvalue weighted by molar-refractivity contribution is 5.75. The van der Waals surface area contributed by atoms with E-state index in [1.807, 2.05) is 24.3 Å². The summed E-state index contributed by atoms with van der Waals surface area (Å²) in [6.45, 7) is 1.97. The number of ether oxygens (including phenoxy) is 2. The molecule has 1 N–H and O–H groups in total. The largest absolute Gasteiger partial charge is 0.487 e. The van der Waals surface area contributed by atoms with Crippen molar-refractivity contribution in [1.82, 2.24) is 0 Å². The summed E-state index contributed by atoms with van der Waals surface area (Å²) in [5.74, 6) is 0.129. The first-order valence-corrected chi connectivity index (χ1v) is 5.81. The number of hydrogen-bond donors (Lipinski definition) is 1. The Kier molecular flexibility index (Phi) is 3.64. The Hall–Kier alpha value is -1.55. The zero-order valence-electron chi connectivity index (χ0n) is 9.76. The van der Waals surface area contributed by atoms with Gasteiger partial charge in [-0.25, -0.2) is 4.79 Å². The van der Waals surface area contributed by atoms with Gasteiger partial charge in [-0.1, -0.05) is 18.2 Å². The molecular weight excluding hydrogens is 220 g/mol. The molecule has 0 saturated heterocycles. The molecule has 0 bridgehead atoms. The number of para-hydroxylation sites is 1. The van der Waals surface area contributed by atoms with Crippen molar-refractivity contribution in [1.29, 1.82) is 0 Å². The number of aryl methyl sites for hydroxylation is 1. The van der Waals surface area contributed by atoms with E-state index >= 15 is 0 Å². The summed E-state index contributed by atoms with van der Waals surface area (Å²) in [6, 6.07) is 7.66. The molecule has 1 aliphatic heterocycles. The third-order valence-corrected chi connectivity index (χ3v) is 2.83. The Bertz CT molecular complexity index is 402. The fraction of sp³-hybridized carbons (Fsp3) is 0.462. The second-order valence-corrected chi connectivity index (χ2v) is 4.00. The minimum absolute atomic E-state index is 0.263. The van der Waals surface area contributed by atoms with Crippen molar-refractivity contribution in [2.75, 3.05) is 6.61 Å². The van der Waals surface area contributed by atoms with Crippen molar-refractivity contribution in [3.05, 3.63) is 29.8 Å². The number of fused-ring (bicyclic) bond motifs is 1. The van der Waals surface area contributed by atoms with Gasteiger partial charge in [0.15, 0.2) is 6.10 Å². The molecule has 1 aromatic rings. The standard InChI is InChI=1S/C13H16O4/c1-2-16-13(15)12(14)11-8-7-9-5-3-4-6-10(9)17-11/h3-6,11-12,14H,2,7-8H2,1H3/t11-,12-/m0/s1. The van der Waals surface area contributed by atoms with Crippen LogP contribution in [0.15, 0.2) is 24.3 Å². The molecule has 2 rings (SSSR count). The maximum atomic E-state index is 11.4. The molecule has 92 valence electrons. The van der Waals surface area contributed by atoms with Gasteiger partial charge in [-0.3, -0.25) is 0 Å². The molecule has 0 fully saturated rings. The Balaban J connectivity index is 2.04. The lowest BCUT2D eigenvalue weighted by Crippen LogP contribution is -2.41. The molecule has 0 spiro atoms. The van der Waals surface area contributed by atoms with Crippen LogP contribution < -0.4 is 4.74 Å². The molecule has 0 aromatic heterocycles. The average molecular weight is 236 g/mol. The summed E-state index contributed by atoms with van der Waals surface area (Å²) in [6.07, 6.45) is -0.291. The molecule has 2 atom stereocenters. The van der Waals surface area contributed by atoms with E-state index in [0.29, 0.717) is 6.42 Å². The van der Waals surface area contributed by atoms with Crippen LogP contribution in [-0.4, -0.2) is 29.9 Å². The van der Waals surface area contributed by atoms with Crippen molar-refractivity contribution in [2.24, 2.45) is 0 Å². The van der Waals surface area contributed by atoms with Crippen molar-refractivity contribution >= 4 is 5.97 Å². The van der Waals surface area contributed by atoms with Crippen LogP contribution in [0.1, 0.15) is 18.9 Å². The number of rotatable bonds is 3. The smallest absolute Gasteiger partial charge is 0.338 e. The summed E-state index contributed by atoms with van der Waals surface area (Å²) < 4.78 is 10.4. The molecule has 0 aliphatic carbocycles. The lowest BCUT2D eigenvalue weighted by atomic mass is 9.99. The van der Waals surface area contributed by atoms with Gasteiger partial charge in [0.05, 0.1) is 6.61 Å². The van der Waals surface area contributed by atoms with Crippen molar-refractivity contribution in [2.45, 2.75) is 32.0 Å². The third kappa shape index (κ3) is 2.58. The summed E-state index contributed by atoms with van der Waals surface area (Å²) in [5.41, 5.74) is 1.11. The fourth-order valence-corrected chi connectivity index (χ4v) is 1.95. The highest BCUT2D eigenvalue weighted by atomic mass is 16.6. The average Bonchev–Trinajstić information content (AvgIpc) is 2.37. The van der Waals surface area contributed by atoms with Crippen LogP contribution in [0.25, 0.3) is 0 Å². The molecule has 4 nitrogen and oxygen atoms in total. The first-order chi connectivity index (χ1) is 8.22. The van der Waals surface area contributed by atoms with Crippen LogP contribution in [0, 0.1) is 0 Å². The monoisotopic (exact) mass is 236 g/mol. The number of aliphatic hydroxyl groups is 1. The molecule has 1 aliphatic rings. The number of carbonyl (C=O) groups excluding carboxylic acids is 1. The predicted molar refractivity (Wildman–Crippen MR) is 61.8 cm³/mol. The molecule has 1 aromatic carbocycles. The lowest BCUT2D eigenvalue weighted by molar-refractivity contribution is -0.158. The molecule has 17 heavy (non-hydrogen) atoms. The van der Waals surface area contributed by atoms with Crippen LogP contribution in [0.5, 0.6) is 5.75 Å². The van der Waals surface area contributed by atoms with Gasteiger partial charge in [0.25, 0.3) is 0 Å². The van der Waals surface area contributed by atoms with E-state index in [-0.39, 0.29) is 6.61 Å². The predicted octanol–water partition coefficient (Wildman–Crippen LogP) is 1.30. The summed E-state index contributed by atoms with van der Waals surface area (Å²) in [4.78, 5) is 11.4. The number of carbonyl (C=O) groups is 1. The highest BCUT2D eigenvalue weighted by Crippen LogP contribution is 2.28. The SMILES string of the molecule is CCOC(=O)[C@@H](O)[C@@H]1CCc2ccccc2O1. The number of benzene rings is 1. The Morgan fingerprint density at radius 2 is 2.35 bits per heavy atom. The van der Waals surface area contributed by atoms with Gasteiger partial charge in [-0.2, -0.15) is 0 Å². The van der Waals surface area contributed by atoms with Crippen molar-refractivity contribution in [3.63, 3.8) is 0 Å². The molecule has 0 unspecified atom stereocenters. The van der Waals surface area contributed by atoms with E-state index in [2.05, 4.69) is 0 Å². The lowest BCUT2D eigenvalue weighted by Gasteiger charge is -2.28. The maximum Gasteiger partial charge on any atom is 0.338 e. The zero-order chi connectivity index (χ0) is 12.3. The summed E-state index contributed by atoms with van der Waals surface area (Å²) >= 11 is 0. The second-order valence-electron chi connectivity index (χ2n) is 4.00. The molecular formula is C13H16O4. The first-order valence-electron chi connectivity index (χ1n) is 5.81. The van der Waals surface area contributed by atoms with Gasteiger partial charge < -0.3 is 14.6 Å². The minimum atomic E-state index is -1.21. The van der Waals surface area contributed by atoms with Crippen molar-refractivity contribution < 1.29 is 19.4 Å². The Morgan fingerprint density at radius 3 is 3.12 bits per heavy atom. The van der Waals surface area contributed by atoms with Gasteiger partial charge in [-0.15, -0.1) is 0 Å². The Labute approximate surface area is 100 Å². The van der Waals surface area contributed by atoms with E-state index < -0.39 is 18.2 Å². The Morgan fingerprint density at radius 1 is 1.59 bits per heavy atom. The molecule has 0 radical (unpaired) electrons. The molecule has 4 heteroatoms. The van der Waals surface area contributed by atoms with Crippen LogP contribution in [0.2, 0.25) is 0 Å². The highest BCUT2D eigenvalue weighted by Gasteiger charge is 2.31. The number of esters is 1. The van der Waals surface area contributed by atoms with Crippen LogP contribution >= 0.6 is 0 Å². The van der Waals surface area contributed by atoms with E-state index in [0.717, 1.165) is 17.7 Å². The van der Waals surface area contributed by atoms with Crippen LogP contribution in [0.4, 0.5) is 0 Å². The quantitative estimate of drug-likeness (QED) is 0.804. The van der Waals surface area contributed by atoms with E-state index in [4.69, 9.17) is 9.47 Å².